The van der Waals surface area contributed by atoms with E-state index in [1.54, 1.807) is 19.3 Å². The van der Waals surface area contributed by atoms with Crippen LogP contribution in [-0.2, 0) is 6.61 Å². The summed E-state index contributed by atoms with van der Waals surface area (Å²) in [7, 11) is 1.55. The first-order chi connectivity index (χ1) is 17.0. The SMILES string of the molecule is COc1cc(/C=C(\C#N)c2nn(-c3ccccc3)c(N)c2C#N)cc(Br)c1OCc1ccccc1. The molecule has 0 saturated carbocycles. The number of nitrogens with zero attached hydrogens (tertiary/aromatic N) is 4. The Kier molecular flexibility index (Phi) is 7.15. The summed E-state index contributed by atoms with van der Waals surface area (Å²) in [6.45, 7) is 0.371. The van der Waals surface area contributed by atoms with Crippen LogP contribution in [0.3, 0.4) is 0 Å². The summed E-state index contributed by atoms with van der Waals surface area (Å²) in [4.78, 5) is 0. The van der Waals surface area contributed by atoms with Crippen molar-refractivity contribution in [2.45, 2.75) is 6.61 Å². The summed E-state index contributed by atoms with van der Waals surface area (Å²) >= 11 is 3.55. The van der Waals surface area contributed by atoms with Gasteiger partial charge in [0.05, 0.1) is 22.8 Å². The second-order valence-corrected chi connectivity index (χ2v) is 8.30. The fourth-order valence-electron chi connectivity index (χ4n) is 3.51. The Bertz CT molecular complexity index is 1470. The number of hydrogen-bond acceptors (Lipinski definition) is 6. The number of nitrogens with two attached hydrogens (primary N) is 1. The average molecular weight is 526 g/mol. The lowest BCUT2D eigenvalue weighted by Gasteiger charge is -2.14. The molecule has 4 aromatic rings. The van der Waals surface area contributed by atoms with Crippen LogP contribution in [0.15, 0.2) is 77.3 Å². The molecule has 2 N–H and O–H groups in total. The van der Waals surface area contributed by atoms with Gasteiger partial charge >= 0.3 is 0 Å². The maximum Gasteiger partial charge on any atom is 0.175 e. The molecule has 1 aromatic heterocycles. The Labute approximate surface area is 211 Å². The Morgan fingerprint density at radius 3 is 2.40 bits per heavy atom. The summed E-state index contributed by atoms with van der Waals surface area (Å²) in [6.07, 6.45) is 1.63. The monoisotopic (exact) mass is 525 g/mol. The van der Waals surface area contributed by atoms with Gasteiger partial charge in [-0.2, -0.15) is 15.6 Å². The molecule has 8 heteroatoms. The summed E-state index contributed by atoms with van der Waals surface area (Å²) in [5, 5.41) is 24.1. The molecule has 0 amide bonds. The molecular weight excluding hydrogens is 506 g/mol. The third-order valence-corrected chi connectivity index (χ3v) is 5.79. The molecule has 0 bridgehead atoms. The number of hydrogen-bond donors (Lipinski definition) is 1. The van der Waals surface area contributed by atoms with Crippen LogP contribution in [0.5, 0.6) is 11.5 Å². The highest BCUT2D eigenvalue weighted by Gasteiger charge is 2.20. The van der Waals surface area contributed by atoms with E-state index in [-0.39, 0.29) is 22.6 Å². The molecular formula is C27H20BrN5O2. The summed E-state index contributed by atoms with van der Waals surface area (Å²) in [5.41, 5.74) is 9.10. The van der Waals surface area contributed by atoms with Gasteiger partial charge in [0.1, 0.15) is 35.8 Å². The lowest BCUT2D eigenvalue weighted by Crippen LogP contribution is -2.02. The Morgan fingerprint density at radius 2 is 1.77 bits per heavy atom. The summed E-state index contributed by atoms with van der Waals surface area (Å²) in [5.74, 6) is 1.20. The zero-order valence-electron chi connectivity index (χ0n) is 18.8. The second-order valence-electron chi connectivity index (χ2n) is 7.45. The van der Waals surface area contributed by atoms with Crippen molar-refractivity contribution in [3.05, 3.63) is 99.7 Å². The van der Waals surface area contributed by atoms with E-state index in [1.807, 2.05) is 66.7 Å². The molecule has 1 heterocycles. The van der Waals surface area contributed by atoms with Crippen molar-refractivity contribution < 1.29 is 9.47 Å². The number of benzene rings is 3. The van der Waals surface area contributed by atoms with Crippen molar-refractivity contribution in [1.29, 1.82) is 10.5 Å². The van der Waals surface area contributed by atoms with Crippen LogP contribution in [0, 0.1) is 22.7 Å². The number of nitrogen functional groups attached to an aromatic ring is 1. The van der Waals surface area contributed by atoms with Gasteiger partial charge in [-0.15, -0.1) is 0 Å². The molecule has 0 atom stereocenters. The Balaban J connectivity index is 1.71. The van der Waals surface area contributed by atoms with Crippen LogP contribution in [-0.4, -0.2) is 16.9 Å². The van der Waals surface area contributed by atoms with E-state index < -0.39 is 0 Å². The highest BCUT2D eigenvalue weighted by molar-refractivity contribution is 9.10. The van der Waals surface area contributed by atoms with E-state index in [2.05, 4.69) is 33.2 Å². The van der Waals surface area contributed by atoms with Crippen molar-refractivity contribution in [2.75, 3.05) is 12.8 Å². The highest BCUT2D eigenvalue weighted by atomic mass is 79.9. The molecule has 0 spiro atoms. The lowest BCUT2D eigenvalue weighted by molar-refractivity contribution is 0.282. The van der Waals surface area contributed by atoms with Gasteiger partial charge < -0.3 is 15.2 Å². The number of aromatic nitrogens is 2. The van der Waals surface area contributed by atoms with Gasteiger partial charge in [-0.25, -0.2) is 4.68 Å². The van der Waals surface area contributed by atoms with E-state index in [0.29, 0.717) is 33.8 Å². The van der Waals surface area contributed by atoms with Gasteiger partial charge in [-0.3, -0.25) is 0 Å². The van der Waals surface area contributed by atoms with Crippen molar-refractivity contribution in [2.24, 2.45) is 0 Å². The van der Waals surface area contributed by atoms with Crippen LogP contribution in [0.4, 0.5) is 5.82 Å². The number of methoxy groups -OCH3 is 1. The number of ether oxygens (including phenoxy) is 2. The largest absolute Gasteiger partial charge is 0.493 e. The average Bonchev–Trinajstić information content (AvgIpc) is 3.23. The van der Waals surface area contributed by atoms with Crippen LogP contribution in [0.25, 0.3) is 17.3 Å². The number of anilines is 1. The molecule has 0 unspecified atom stereocenters. The molecule has 4 rings (SSSR count). The van der Waals surface area contributed by atoms with E-state index in [4.69, 9.17) is 15.2 Å². The molecule has 7 nitrogen and oxygen atoms in total. The first-order valence-corrected chi connectivity index (χ1v) is 11.4. The Hall–Kier alpha value is -4.53. The fourth-order valence-corrected chi connectivity index (χ4v) is 4.08. The topological polar surface area (TPSA) is 110 Å². The maximum atomic E-state index is 9.91. The minimum Gasteiger partial charge on any atom is -0.493 e. The third-order valence-electron chi connectivity index (χ3n) is 5.20. The molecule has 0 fully saturated rings. The molecule has 172 valence electrons. The standard InChI is InChI=1S/C27H20BrN5O2/c1-34-24-14-19(13-23(28)26(24)35-17-18-8-4-2-5-9-18)12-20(15-29)25-22(16-30)27(31)33(32-25)21-10-6-3-7-11-21/h2-14H,17,31H2,1H3/b20-12+. The predicted molar refractivity (Wildman–Crippen MR) is 138 cm³/mol. The lowest BCUT2D eigenvalue weighted by atomic mass is 10.1. The van der Waals surface area contributed by atoms with E-state index in [9.17, 15) is 10.5 Å². The number of rotatable bonds is 7. The summed E-state index contributed by atoms with van der Waals surface area (Å²) in [6, 6.07) is 26.8. The number of allylic oxidation sites excluding steroid dienone is 1. The number of halogens is 1. The normalized spacial score (nSPS) is 10.9. The smallest absolute Gasteiger partial charge is 0.175 e. The zero-order chi connectivity index (χ0) is 24.8. The first-order valence-electron chi connectivity index (χ1n) is 10.6. The van der Waals surface area contributed by atoms with Gasteiger partial charge in [-0.05, 0) is 57.4 Å². The van der Waals surface area contributed by atoms with Gasteiger partial charge in [0.2, 0.25) is 0 Å². The van der Waals surface area contributed by atoms with Crippen molar-refractivity contribution >= 4 is 33.4 Å². The fraction of sp³-hybridized carbons (Fsp3) is 0.0741. The van der Waals surface area contributed by atoms with Gasteiger partial charge in [0, 0.05) is 0 Å². The minimum absolute atomic E-state index is 0.135. The molecule has 0 saturated heterocycles. The molecule has 3 aromatic carbocycles. The molecule has 0 aliphatic heterocycles. The minimum atomic E-state index is 0.135. The first kappa shape index (κ1) is 23.6. The van der Waals surface area contributed by atoms with Gasteiger partial charge in [-0.1, -0.05) is 48.5 Å². The molecule has 35 heavy (non-hydrogen) atoms. The van der Waals surface area contributed by atoms with E-state index in [1.165, 1.54) is 4.68 Å². The van der Waals surface area contributed by atoms with Gasteiger partial charge in [0.15, 0.2) is 11.5 Å². The van der Waals surface area contributed by atoms with Crippen LogP contribution in [0.2, 0.25) is 0 Å². The summed E-state index contributed by atoms with van der Waals surface area (Å²) < 4.78 is 13.6. The Morgan fingerprint density at radius 1 is 1.09 bits per heavy atom. The van der Waals surface area contributed by atoms with Crippen LogP contribution >= 0.6 is 15.9 Å². The van der Waals surface area contributed by atoms with Crippen molar-refractivity contribution in [3.8, 4) is 29.3 Å². The predicted octanol–water partition coefficient (Wildman–Crippen LogP) is 5.74. The molecule has 0 aliphatic rings. The molecule has 0 radical (unpaired) electrons. The van der Waals surface area contributed by atoms with Crippen LogP contribution in [0.1, 0.15) is 22.4 Å². The second kappa shape index (κ2) is 10.6. The zero-order valence-corrected chi connectivity index (χ0v) is 20.4. The quantitative estimate of drug-likeness (QED) is 0.308. The van der Waals surface area contributed by atoms with Gasteiger partial charge in [0.25, 0.3) is 0 Å². The third kappa shape index (κ3) is 5.03. The van der Waals surface area contributed by atoms with E-state index in [0.717, 1.165) is 5.56 Å². The highest BCUT2D eigenvalue weighted by Crippen LogP contribution is 2.38. The number of para-hydroxylation sites is 1. The van der Waals surface area contributed by atoms with Crippen molar-refractivity contribution in [1.82, 2.24) is 9.78 Å². The maximum absolute atomic E-state index is 9.91. The molecule has 0 aliphatic carbocycles. The number of nitriles is 2. The van der Waals surface area contributed by atoms with Crippen LogP contribution < -0.4 is 15.2 Å². The van der Waals surface area contributed by atoms with E-state index >= 15 is 0 Å². The van der Waals surface area contributed by atoms with Crippen molar-refractivity contribution in [3.63, 3.8) is 0 Å².